The van der Waals surface area contributed by atoms with E-state index in [0.717, 1.165) is 41.6 Å². The van der Waals surface area contributed by atoms with Gasteiger partial charge >= 0.3 is 5.97 Å². The van der Waals surface area contributed by atoms with Crippen molar-refractivity contribution in [2.75, 3.05) is 27.3 Å². The van der Waals surface area contributed by atoms with Gasteiger partial charge in [0.2, 0.25) is 0 Å². The smallest absolute Gasteiger partial charge is 0.326 e. The van der Waals surface area contributed by atoms with E-state index in [1.54, 1.807) is 14.2 Å². The molecule has 0 bridgehead atoms. The molecule has 1 aliphatic heterocycles. The molecule has 2 atom stereocenters. The Balaban J connectivity index is 1.55. The predicted molar refractivity (Wildman–Crippen MR) is 146 cm³/mol. The summed E-state index contributed by atoms with van der Waals surface area (Å²) < 4.78 is 11.1. The van der Waals surface area contributed by atoms with Gasteiger partial charge in [0.25, 0.3) is 0 Å². The number of ether oxygens (including phenoxy) is 2. The van der Waals surface area contributed by atoms with Gasteiger partial charge < -0.3 is 25.2 Å². The highest BCUT2D eigenvalue weighted by molar-refractivity contribution is 7.80. The largest absolute Gasteiger partial charge is 0.496 e. The summed E-state index contributed by atoms with van der Waals surface area (Å²) in [6.07, 6.45) is 2.15. The number of benzene rings is 3. The van der Waals surface area contributed by atoms with Crippen LogP contribution in [0.2, 0.25) is 0 Å². The third kappa shape index (κ3) is 5.37. The van der Waals surface area contributed by atoms with Crippen molar-refractivity contribution in [3.63, 3.8) is 0 Å². The zero-order valence-corrected chi connectivity index (χ0v) is 21.4. The van der Waals surface area contributed by atoms with Gasteiger partial charge in [-0.15, -0.1) is 0 Å². The fourth-order valence-corrected chi connectivity index (χ4v) is 5.34. The summed E-state index contributed by atoms with van der Waals surface area (Å²) in [5.74, 6) is 0.495. The van der Waals surface area contributed by atoms with Crippen LogP contribution in [0.25, 0.3) is 11.1 Å². The van der Waals surface area contributed by atoms with E-state index in [1.165, 1.54) is 0 Å². The van der Waals surface area contributed by atoms with E-state index in [1.807, 2.05) is 60.7 Å². The minimum atomic E-state index is -0.931. The number of rotatable bonds is 9. The van der Waals surface area contributed by atoms with Crippen molar-refractivity contribution in [3.05, 3.63) is 83.9 Å². The van der Waals surface area contributed by atoms with Crippen LogP contribution in [0.3, 0.4) is 0 Å². The average molecular weight is 505 g/mol. The first-order valence-electron chi connectivity index (χ1n) is 12.1. The van der Waals surface area contributed by atoms with E-state index >= 15 is 0 Å². The number of nitrogens with one attached hydrogen (secondary N) is 2. The fraction of sp³-hybridized carbons (Fsp3) is 0.310. The molecule has 1 saturated heterocycles. The van der Waals surface area contributed by atoms with E-state index in [4.69, 9.17) is 21.7 Å². The highest BCUT2D eigenvalue weighted by atomic mass is 32.1. The van der Waals surface area contributed by atoms with Gasteiger partial charge in [-0.25, -0.2) is 4.79 Å². The zero-order valence-electron chi connectivity index (χ0n) is 20.6. The number of aliphatic carboxylic acids is 1. The van der Waals surface area contributed by atoms with Crippen molar-refractivity contribution in [3.8, 4) is 22.6 Å². The molecule has 0 aliphatic carbocycles. The van der Waals surface area contributed by atoms with Crippen molar-refractivity contribution in [1.82, 2.24) is 10.6 Å². The summed E-state index contributed by atoms with van der Waals surface area (Å²) in [4.78, 5) is 12.8. The minimum Gasteiger partial charge on any atom is -0.496 e. The van der Waals surface area contributed by atoms with Gasteiger partial charge in [0.15, 0.2) is 0 Å². The maximum absolute atomic E-state index is 12.2. The van der Waals surface area contributed by atoms with Crippen LogP contribution in [0, 0.1) is 0 Å². The summed E-state index contributed by atoms with van der Waals surface area (Å²) in [6, 6.07) is 22.7. The van der Waals surface area contributed by atoms with Crippen LogP contribution in [-0.2, 0) is 16.6 Å². The van der Waals surface area contributed by atoms with E-state index in [2.05, 4.69) is 22.8 Å². The third-order valence-electron chi connectivity index (χ3n) is 6.86. The van der Waals surface area contributed by atoms with Crippen molar-refractivity contribution in [2.45, 2.75) is 30.7 Å². The van der Waals surface area contributed by atoms with Gasteiger partial charge in [0.1, 0.15) is 17.5 Å². The van der Waals surface area contributed by atoms with Crippen molar-refractivity contribution >= 4 is 23.2 Å². The molecule has 3 N–H and O–H groups in total. The molecule has 36 heavy (non-hydrogen) atoms. The molecule has 3 aromatic rings. The average Bonchev–Trinajstić information content (AvgIpc) is 2.93. The minimum absolute atomic E-state index is 0.303. The molecule has 0 saturated carbocycles. The lowest BCUT2D eigenvalue weighted by Crippen LogP contribution is -2.56. The molecule has 188 valence electrons. The van der Waals surface area contributed by atoms with Crippen LogP contribution >= 0.6 is 12.2 Å². The molecule has 7 heteroatoms. The standard InChI is InChI=1S/C29H32N2O4S/c1-34-24-10-6-11-25(35-2)26(24)21-14-12-20(13-15-21)18-23(27(32)33)31-28(36)29(16-7-17-30-19-29)22-8-4-3-5-9-22/h3-6,8-15,23,30H,7,16-19H2,1-2H3,(H,31,36)(H,32,33)/t23-,29?/m0/s1. The molecule has 0 radical (unpaired) electrons. The number of methoxy groups -OCH3 is 2. The van der Waals surface area contributed by atoms with E-state index < -0.39 is 17.4 Å². The Morgan fingerprint density at radius 1 is 1.03 bits per heavy atom. The number of hydrogen-bond donors (Lipinski definition) is 3. The summed E-state index contributed by atoms with van der Waals surface area (Å²) >= 11 is 5.88. The molecule has 0 spiro atoms. The monoisotopic (exact) mass is 504 g/mol. The van der Waals surface area contributed by atoms with Crippen molar-refractivity contribution in [2.24, 2.45) is 0 Å². The van der Waals surface area contributed by atoms with Crippen LogP contribution in [-0.4, -0.2) is 49.4 Å². The summed E-state index contributed by atoms with van der Waals surface area (Å²) in [7, 11) is 3.26. The molecule has 4 rings (SSSR count). The number of carbonyl (C=O) groups is 1. The SMILES string of the molecule is COc1cccc(OC)c1-c1ccc(C[C@H](NC(=S)C2(c3ccccc3)CCCNC2)C(=O)O)cc1. The Hall–Kier alpha value is -3.42. The topological polar surface area (TPSA) is 79.8 Å². The molecule has 0 amide bonds. The second kappa shape index (κ2) is 11.5. The lowest BCUT2D eigenvalue weighted by atomic mass is 9.74. The lowest BCUT2D eigenvalue weighted by molar-refractivity contribution is -0.139. The maximum atomic E-state index is 12.2. The zero-order chi connectivity index (χ0) is 25.5. The summed E-state index contributed by atoms with van der Waals surface area (Å²) in [6.45, 7) is 1.62. The van der Waals surface area contributed by atoms with Crippen LogP contribution in [0.15, 0.2) is 72.8 Å². The van der Waals surface area contributed by atoms with Gasteiger partial charge in [-0.3, -0.25) is 0 Å². The molecule has 0 aromatic heterocycles. The highest BCUT2D eigenvalue weighted by Gasteiger charge is 2.39. The molecule has 1 fully saturated rings. The van der Waals surface area contributed by atoms with E-state index in [9.17, 15) is 9.90 Å². The summed E-state index contributed by atoms with van der Waals surface area (Å²) in [5, 5.41) is 16.7. The number of piperidine rings is 1. The van der Waals surface area contributed by atoms with Gasteiger partial charge in [-0.05, 0) is 48.2 Å². The number of hydrogen-bond acceptors (Lipinski definition) is 5. The second-order valence-electron chi connectivity index (χ2n) is 9.03. The van der Waals surface area contributed by atoms with Gasteiger partial charge in [-0.2, -0.15) is 0 Å². The Morgan fingerprint density at radius 2 is 1.69 bits per heavy atom. The van der Waals surface area contributed by atoms with Gasteiger partial charge in [-0.1, -0.05) is 72.9 Å². The molecule has 3 aromatic carbocycles. The summed E-state index contributed by atoms with van der Waals surface area (Å²) in [5.41, 5.74) is 3.37. The molecule has 6 nitrogen and oxygen atoms in total. The number of carboxylic acid groups (broad SMARTS) is 1. The van der Waals surface area contributed by atoms with Gasteiger partial charge in [0.05, 0.1) is 30.2 Å². The first-order chi connectivity index (χ1) is 17.5. The highest BCUT2D eigenvalue weighted by Crippen LogP contribution is 2.38. The van der Waals surface area contributed by atoms with Crippen molar-refractivity contribution in [1.29, 1.82) is 0 Å². The van der Waals surface area contributed by atoms with Crippen molar-refractivity contribution < 1.29 is 19.4 Å². The van der Waals surface area contributed by atoms with Crippen LogP contribution in [0.5, 0.6) is 11.5 Å². The van der Waals surface area contributed by atoms with Crippen LogP contribution in [0.1, 0.15) is 24.0 Å². The number of thiocarbonyl (C=S) groups is 1. The second-order valence-corrected chi connectivity index (χ2v) is 9.44. The first kappa shape index (κ1) is 25.7. The normalized spacial score (nSPS) is 18.2. The number of carboxylic acids is 1. The molecular weight excluding hydrogens is 472 g/mol. The molecule has 1 heterocycles. The Kier molecular flexibility index (Phi) is 8.23. The van der Waals surface area contributed by atoms with Gasteiger partial charge in [0, 0.05) is 13.0 Å². The molecular formula is C29H32N2O4S. The Morgan fingerprint density at radius 3 is 2.25 bits per heavy atom. The molecule has 1 aliphatic rings. The lowest BCUT2D eigenvalue weighted by Gasteiger charge is -2.40. The fourth-order valence-electron chi connectivity index (χ4n) is 4.91. The van der Waals surface area contributed by atoms with E-state index in [0.29, 0.717) is 29.5 Å². The maximum Gasteiger partial charge on any atom is 0.326 e. The van der Waals surface area contributed by atoms with E-state index in [-0.39, 0.29) is 0 Å². The predicted octanol–water partition coefficient (Wildman–Crippen LogP) is 4.60. The van der Waals surface area contributed by atoms with Crippen LogP contribution < -0.4 is 20.1 Å². The third-order valence-corrected chi connectivity index (χ3v) is 7.37. The first-order valence-corrected chi connectivity index (χ1v) is 12.5. The Labute approximate surface area is 217 Å². The van der Waals surface area contributed by atoms with Crippen LogP contribution in [0.4, 0.5) is 0 Å². The molecule has 1 unspecified atom stereocenters. The Bertz CT molecular complexity index is 1170. The quantitative estimate of drug-likeness (QED) is 0.368.